The molecule has 0 spiro atoms. The maximum atomic E-state index is 12.6. The topological polar surface area (TPSA) is 66.3 Å². The van der Waals surface area contributed by atoms with Gasteiger partial charge in [0.15, 0.2) is 11.0 Å². The molecule has 2 aliphatic rings. The molecule has 1 aromatic carbocycles. The van der Waals surface area contributed by atoms with Crippen molar-refractivity contribution in [1.82, 2.24) is 10.2 Å². The van der Waals surface area contributed by atoms with Crippen molar-refractivity contribution in [2.45, 2.75) is 19.9 Å². The van der Waals surface area contributed by atoms with E-state index in [9.17, 15) is 4.79 Å². The Hall–Kier alpha value is -2.60. The van der Waals surface area contributed by atoms with E-state index in [0.29, 0.717) is 34.6 Å². The van der Waals surface area contributed by atoms with E-state index in [1.807, 2.05) is 35.2 Å². The minimum atomic E-state index is -0.385. The summed E-state index contributed by atoms with van der Waals surface area (Å²) in [6, 6.07) is 9.34. The van der Waals surface area contributed by atoms with Crippen molar-refractivity contribution in [2.24, 2.45) is 9.98 Å². The van der Waals surface area contributed by atoms with Gasteiger partial charge in [-0.1, -0.05) is 41.9 Å². The Morgan fingerprint density at radius 1 is 1.36 bits per heavy atom. The molecule has 1 unspecified atom stereocenters. The summed E-state index contributed by atoms with van der Waals surface area (Å²) in [6.07, 6.45) is 1.60. The highest BCUT2D eigenvalue weighted by Gasteiger charge is 2.38. The van der Waals surface area contributed by atoms with Gasteiger partial charge in [0.25, 0.3) is 0 Å². The molecule has 2 aliphatic heterocycles. The maximum Gasteiger partial charge on any atom is 0.338 e. The largest absolute Gasteiger partial charge is 0.463 e. The lowest BCUT2D eigenvalue weighted by molar-refractivity contribution is -0.139. The van der Waals surface area contributed by atoms with Crippen LogP contribution in [0.3, 0.4) is 0 Å². The van der Waals surface area contributed by atoms with Gasteiger partial charge in [0, 0.05) is 7.05 Å². The molecule has 0 aliphatic carbocycles. The first-order valence-electron chi connectivity index (χ1n) is 8.00. The molecule has 1 aromatic rings. The summed E-state index contributed by atoms with van der Waals surface area (Å²) in [6.45, 7) is 3.89. The maximum absolute atomic E-state index is 12.6. The number of amidine groups is 1. The quantitative estimate of drug-likeness (QED) is 0.663. The van der Waals surface area contributed by atoms with Crippen LogP contribution in [0.2, 0.25) is 0 Å². The molecule has 0 radical (unpaired) electrons. The van der Waals surface area contributed by atoms with Gasteiger partial charge in [0.2, 0.25) is 0 Å². The van der Waals surface area contributed by atoms with Crippen LogP contribution in [0.15, 0.2) is 62.4 Å². The lowest BCUT2D eigenvalue weighted by atomic mass is 9.93. The number of nitrogens with one attached hydrogen (secondary N) is 1. The Labute approximate surface area is 151 Å². The number of benzene rings is 1. The monoisotopic (exact) mass is 358 g/mol. The van der Waals surface area contributed by atoms with Crippen molar-refractivity contribution >= 4 is 29.7 Å². The second-order valence-electron chi connectivity index (χ2n) is 5.54. The summed E-state index contributed by atoms with van der Waals surface area (Å²) in [5, 5.41) is 3.37. The second-order valence-corrected chi connectivity index (χ2v) is 5.89. The third-order valence-electron chi connectivity index (χ3n) is 4.05. The molecule has 1 N–H and O–H groups in total. The van der Waals surface area contributed by atoms with Crippen LogP contribution < -0.4 is 5.32 Å². The van der Waals surface area contributed by atoms with E-state index in [1.54, 1.807) is 27.2 Å². The van der Waals surface area contributed by atoms with Gasteiger partial charge in [-0.05, 0) is 19.4 Å². The van der Waals surface area contributed by atoms with Gasteiger partial charge >= 0.3 is 5.97 Å². The SMILES string of the molecule is CCOC(=O)C1=C(C)N=C2C(NC)=C(Cl)N=CN2C1c1ccccc1. The Bertz CT molecular complexity index is 812. The van der Waals surface area contributed by atoms with Gasteiger partial charge in [0.1, 0.15) is 5.70 Å². The number of carbonyl (C=O) groups excluding carboxylic acids is 1. The van der Waals surface area contributed by atoms with Crippen LogP contribution in [0.5, 0.6) is 0 Å². The Balaban J connectivity index is 2.19. The van der Waals surface area contributed by atoms with E-state index in [1.165, 1.54) is 0 Å². The number of likely N-dealkylation sites (N-methyl/N-ethyl adjacent to an activating group) is 1. The molecule has 0 saturated carbocycles. The molecule has 0 fully saturated rings. The number of ether oxygens (including phenoxy) is 1. The number of hydrogen-bond donors (Lipinski definition) is 1. The predicted molar refractivity (Wildman–Crippen MR) is 98.2 cm³/mol. The van der Waals surface area contributed by atoms with Crippen molar-refractivity contribution in [3.8, 4) is 0 Å². The molecule has 2 heterocycles. The predicted octanol–water partition coefficient (Wildman–Crippen LogP) is 2.95. The third kappa shape index (κ3) is 3.05. The number of aliphatic imine (C=N–C) groups is 2. The number of fused-ring (bicyclic) bond motifs is 1. The molecule has 130 valence electrons. The molecule has 0 amide bonds. The smallest absolute Gasteiger partial charge is 0.338 e. The molecular weight excluding hydrogens is 340 g/mol. The zero-order chi connectivity index (χ0) is 18.0. The van der Waals surface area contributed by atoms with Gasteiger partial charge in [-0.15, -0.1) is 0 Å². The third-order valence-corrected chi connectivity index (χ3v) is 4.33. The van der Waals surface area contributed by atoms with Crippen molar-refractivity contribution in [3.05, 3.63) is 58.0 Å². The highest BCUT2D eigenvalue weighted by Crippen LogP contribution is 2.37. The average molecular weight is 359 g/mol. The summed E-state index contributed by atoms with van der Waals surface area (Å²) < 4.78 is 5.27. The van der Waals surface area contributed by atoms with Crippen LogP contribution in [-0.2, 0) is 9.53 Å². The Morgan fingerprint density at radius 3 is 2.72 bits per heavy atom. The van der Waals surface area contributed by atoms with E-state index in [0.717, 1.165) is 5.56 Å². The summed E-state index contributed by atoms with van der Waals surface area (Å²) in [4.78, 5) is 23.3. The lowest BCUT2D eigenvalue weighted by Crippen LogP contribution is -2.44. The van der Waals surface area contributed by atoms with Gasteiger partial charge in [-0.2, -0.15) is 0 Å². The standard InChI is InChI=1S/C18H19ClN4O2/c1-4-25-18(24)13-11(2)22-17-14(20-3)16(19)21-10-23(17)15(13)12-8-6-5-7-9-12/h5-10,15,20H,4H2,1-3H3. The first-order chi connectivity index (χ1) is 12.1. The molecule has 0 saturated heterocycles. The van der Waals surface area contributed by atoms with Crippen molar-refractivity contribution in [3.63, 3.8) is 0 Å². The molecule has 25 heavy (non-hydrogen) atoms. The first kappa shape index (κ1) is 17.2. The average Bonchev–Trinajstić information content (AvgIpc) is 2.61. The minimum Gasteiger partial charge on any atom is -0.463 e. The van der Waals surface area contributed by atoms with Gasteiger partial charge in [-0.3, -0.25) is 0 Å². The molecule has 3 rings (SSSR count). The molecule has 7 heteroatoms. The molecule has 6 nitrogen and oxygen atoms in total. The van der Waals surface area contributed by atoms with E-state index in [-0.39, 0.29) is 12.0 Å². The van der Waals surface area contributed by atoms with Crippen LogP contribution in [0, 0.1) is 0 Å². The molecule has 0 aromatic heterocycles. The number of rotatable bonds is 4. The van der Waals surface area contributed by atoms with Crippen LogP contribution in [0.4, 0.5) is 0 Å². The van der Waals surface area contributed by atoms with Crippen LogP contribution >= 0.6 is 11.6 Å². The van der Waals surface area contributed by atoms with E-state index in [4.69, 9.17) is 16.3 Å². The Kier molecular flexibility index (Phi) is 4.90. The van der Waals surface area contributed by atoms with Gasteiger partial charge in [0.05, 0.1) is 30.3 Å². The number of hydrogen-bond acceptors (Lipinski definition) is 6. The zero-order valence-electron chi connectivity index (χ0n) is 14.3. The second kappa shape index (κ2) is 7.11. The van der Waals surface area contributed by atoms with Crippen molar-refractivity contribution in [1.29, 1.82) is 0 Å². The molecule has 1 atom stereocenters. The first-order valence-corrected chi connectivity index (χ1v) is 8.38. The van der Waals surface area contributed by atoms with Crippen LogP contribution in [0.1, 0.15) is 25.5 Å². The summed E-state index contributed by atoms with van der Waals surface area (Å²) >= 11 is 6.20. The lowest BCUT2D eigenvalue weighted by Gasteiger charge is -2.37. The number of nitrogens with zero attached hydrogens (tertiary/aromatic N) is 3. The minimum absolute atomic E-state index is 0.301. The fourth-order valence-electron chi connectivity index (χ4n) is 2.96. The highest BCUT2D eigenvalue weighted by atomic mass is 35.5. The Morgan fingerprint density at radius 2 is 2.08 bits per heavy atom. The van der Waals surface area contributed by atoms with Crippen LogP contribution in [-0.4, -0.2) is 36.7 Å². The molecule has 0 bridgehead atoms. The zero-order valence-corrected chi connectivity index (χ0v) is 15.0. The number of carbonyl (C=O) groups is 1. The normalized spacial score (nSPS) is 19.6. The summed E-state index contributed by atoms with van der Waals surface area (Å²) in [5.41, 5.74) is 2.66. The summed E-state index contributed by atoms with van der Waals surface area (Å²) in [7, 11) is 1.76. The fourth-order valence-corrected chi connectivity index (χ4v) is 3.18. The van der Waals surface area contributed by atoms with E-state index >= 15 is 0 Å². The summed E-state index contributed by atoms with van der Waals surface area (Å²) in [5.74, 6) is 0.249. The number of halogens is 1. The van der Waals surface area contributed by atoms with Gasteiger partial charge in [-0.25, -0.2) is 14.8 Å². The van der Waals surface area contributed by atoms with Gasteiger partial charge < -0.3 is 15.0 Å². The van der Waals surface area contributed by atoms with E-state index in [2.05, 4.69) is 15.3 Å². The molecular formula is C18H19ClN4O2. The number of esters is 1. The fraction of sp³-hybridized carbons (Fsp3) is 0.278. The van der Waals surface area contributed by atoms with Crippen molar-refractivity contribution < 1.29 is 9.53 Å². The highest BCUT2D eigenvalue weighted by molar-refractivity contribution is 6.33. The van der Waals surface area contributed by atoms with Crippen LogP contribution in [0.25, 0.3) is 0 Å². The van der Waals surface area contributed by atoms with Crippen molar-refractivity contribution in [2.75, 3.05) is 13.7 Å². The number of allylic oxidation sites excluding steroid dienone is 1. The van der Waals surface area contributed by atoms with E-state index < -0.39 is 0 Å².